The smallest absolute Gasteiger partial charge is 0.222 e. The fourth-order valence-corrected chi connectivity index (χ4v) is 5.09. The summed E-state index contributed by atoms with van der Waals surface area (Å²) in [7, 11) is 0. The van der Waals surface area contributed by atoms with Gasteiger partial charge in [-0.1, -0.05) is 29.8 Å². The van der Waals surface area contributed by atoms with Crippen molar-refractivity contribution in [2.75, 3.05) is 39.4 Å². The third-order valence-electron chi connectivity index (χ3n) is 7.15. The van der Waals surface area contributed by atoms with Gasteiger partial charge in [0.05, 0.1) is 12.2 Å². The highest BCUT2D eigenvalue weighted by atomic mass is 16.5. The predicted molar refractivity (Wildman–Crippen MR) is 138 cm³/mol. The molecular weight excluding hydrogens is 440 g/mol. The Morgan fingerprint density at radius 3 is 2.69 bits per heavy atom. The molecule has 0 unspecified atom stereocenters. The number of ether oxygens (including phenoxy) is 2. The van der Waals surface area contributed by atoms with E-state index in [1.807, 2.05) is 36.1 Å². The van der Waals surface area contributed by atoms with Crippen molar-refractivity contribution in [3.8, 4) is 11.5 Å². The minimum Gasteiger partial charge on any atom is -0.494 e. The van der Waals surface area contributed by atoms with Crippen molar-refractivity contribution < 1.29 is 19.4 Å². The number of aliphatic hydroxyl groups is 1. The fourth-order valence-electron chi connectivity index (χ4n) is 5.09. The first kappa shape index (κ1) is 25.5. The molecule has 1 amide bonds. The third-order valence-corrected chi connectivity index (χ3v) is 7.15. The molecule has 0 bridgehead atoms. The van der Waals surface area contributed by atoms with Crippen LogP contribution in [0, 0.1) is 13.8 Å². The standard InChI is InChI=1S/C29H40N2O4/c1-23-10-11-27(24(2)19-23)35-22-29(33)12-5-14-30(17-13-29)21-25-7-3-8-26(20-25)34-18-6-16-31-15-4-9-28(31)32/h3,7-8,10-11,19-20,33H,4-6,9,12-18,21-22H2,1-2H3/t29-/m1/s1. The van der Waals surface area contributed by atoms with E-state index in [0.29, 0.717) is 26.1 Å². The summed E-state index contributed by atoms with van der Waals surface area (Å²) in [5.41, 5.74) is 2.74. The first-order valence-corrected chi connectivity index (χ1v) is 13.0. The summed E-state index contributed by atoms with van der Waals surface area (Å²) < 4.78 is 12.0. The molecule has 1 atom stereocenters. The average molecular weight is 481 g/mol. The number of likely N-dealkylation sites (tertiary alicyclic amines) is 2. The van der Waals surface area contributed by atoms with Crippen molar-refractivity contribution in [2.45, 2.75) is 64.5 Å². The van der Waals surface area contributed by atoms with E-state index >= 15 is 0 Å². The molecular formula is C29H40N2O4. The maximum Gasteiger partial charge on any atom is 0.222 e. The van der Waals surface area contributed by atoms with E-state index in [0.717, 1.165) is 75.5 Å². The molecule has 2 aliphatic rings. The van der Waals surface area contributed by atoms with Crippen LogP contribution in [0.15, 0.2) is 42.5 Å². The van der Waals surface area contributed by atoms with Gasteiger partial charge < -0.3 is 19.5 Å². The molecule has 1 N–H and O–H groups in total. The number of hydrogen-bond acceptors (Lipinski definition) is 5. The number of benzene rings is 2. The molecule has 2 saturated heterocycles. The maximum absolute atomic E-state index is 11.7. The van der Waals surface area contributed by atoms with Gasteiger partial charge >= 0.3 is 0 Å². The van der Waals surface area contributed by atoms with E-state index in [1.165, 1.54) is 11.1 Å². The van der Waals surface area contributed by atoms with E-state index in [1.54, 1.807) is 0 Å². The number of carbonyl (C=O) groups is 1. The molecule has 0 aromatic heterocycles. The molecule has 35 heavy (non-hydrogen) atoms. The summed E-state index contributed by atoms with van der Waals surface area (Å²) in [6.07, 6.45) is 4.91. The molecule has 0 aliphatic carbocycles. The molecule has 0 radical (unpaired) electrons. The maximum atomic E-state index is 11.7. The molecule has 2 heterocycles. The zero-order chi connectivity index (χ0) is 24.7. The Bertz CT molecular complexity index is 994. The number of hydrogen-bond donors (Lipinski definition) is 1. The third kappa shape index (κ3) is 7.45. The lowest BCUT2D eigenvalue weighted by molar-refractivity contribution is -0.127. The van der Waals surface area contributed by atoms with Gasteiger partial charge in [0, 0.05) is 32.6 Å². The first-order valence-electron chi connectivity index (χ1n) is 13.0. The van der Waals surface area contributed by atoms with Crippen molar-refractivity contribution in [3.63, 3.8) is 0 Å². The fraction of sp³-hybridized carbons (Fsp3) is 0.552. The Kier molecular flexibility index (Phi) is 8.69. The Labute approximate surface area is 209 Å². The summed E-state index contributed by atoms with van der Waals surface area (Å²) in [6.45, 7) is 9.37. The van der Waals surface area contributed by atoms with Crippen molar-refractivity contribution in [1.29, 1.82) is 0 Å². The number of rotatable bonds is 10. The van der Waals surface area contributed by atoms with Gasteiger partial charge in [-0.2, -0.15) is 0 Å². The van der Waals surface area contributed by atoms with Gasteiger partial charge in [0.2, 0.25) is 5.91 Å². The lowest BCUT2D eigenvalue weighted by atomic mass is 9.96. The summed E-state index contributed by atoms with van der Waals surface area (Å²) in [4.78, 5) is 16.1. The highest BCUT2D eigenvalue weighted by Gasteiger charge is 2.31. The van der Waals surface area contributed by atoms with Crippen LogP contribution in [-0.4, -0.2) is 65.8 Å². The van der Waals surface area contributed by atoms with Gasteiger partial charge in [-0.15, -0.1) is 0 Å². The van der Waals surface area contributed by atoms with Crippen LogP contribution in [0.1, 0.15) is 55.2 Å². The summed E-state index contributed by atoms with van der Waals surface area (Å²) in [6, 6.07) is 14.4. The predicted octanol–water partition coefficient (Wildman–Crippen LogP) is 4.49. The molecule has 2 aromatic rings. The van der Waals surface area contributed by atoms with E-state index in [4.69, 9.17) is 9.47 Å². The van der Waals surface area contributed by atoms with Crippen LogP contribution in [-0.2, 0) is 11.3 Å². The van der Waals surface area contributed by atoms with Gasteiger partial charge in [0.1, 0.15) is 18.1 Å². The summed E-state index contributed by atoms with van der Waals surface area (Å²) >= 11 is 0. The minimum atomic E-state index is -0.798. The van der Waals surface area contributed by atoms with Gasteiger partial charge in [-0.3, -0.25) is 9.69 Å². The van der Waals surface area contributed by atoms with Crippen LogP contribution < -0.4 is 9.47 Å². The van der Waals surface area contributed by atoms with E-state index < -0.39 is 5.60 Å². The van der Waals surface area contributed by atoms with Crippen LogP contribution >= 0.6 is 0 Å². The second kappa shape index (κ2) is 11.9. The average Bonchev–Trinajstić information content (AvgIpc) is 3.15. The number of carbonyl (C=O) groups excluding carboxylic acids is 1. The molecule has 190 valence electrons. The monoisotopic (exact) mass is 480 g/mol. The molecule has 2 aromatic carbocycles. The highest BCUT2D eigenvalue weighted by Crippen LogP contribution is 2.27. The summed E-state index contributed by atoms with van der Waals surface area (Å²) in [5.74, 6) is 2.01. The second-order valence-electron chi connectivity index (χ2n) is 10.2. The number of aryl methyl sites for hydroxylation is 2. The van der Waals surface area contributed by atoms with Gasteiger partial charge in [-0.05, 0) is 81.8 Å². The summed E-state index contributed by atoms with van der Waals surface area (Å²) in [5, 5.41) is 11.2. The van der Waals surface area contributed by atoms with Gasteiger partial charge in [-0.25, -0.2) is 0 Å². The SMILES string of the molecule is Cc1ccc(OC[C@@]2(O)CCCN(Cc3cccc(OCCCN4CCCC4=O)c3)CC2)c(C)c1. The van der Waals surface area contributed by atoms with E-state index in [-0.39, 0.29) is 5.91 Å². The Morgan fingerprint density at radius 1 is 1.00 bits per heavy atom. The lowest BCUT2D eigenvalue weighted by Gasteiger charge is -2.27. The first-order chi connectivity index (χ1) is 16.9. The Balaban J connectivity index is 1.22. The molecule has 0 saturated carbocycles. The molecule has 4 rings (SSSR count). The van der Waals surface area contributed by atoms with Crippen LogP contribution in [0.5, 0.6) is 11.5 Å². The zero-order valence-corrected chi connectivity index (χ0v) is 21.3. The number of nitrogens with zero attached hydrogens (tertiary/aromatic N) is 2. The van der Waals surface area contributed by atoms with Crippen molar-refractivity contribution in [2.24, 2.45) is 0 Å². The lowest BCUT2D eigenvalue weighted by Crippen LogP contribution is -2.37. The quantitative estimate of drug-likeness (QED) is 0.508. The van der Waals surface area contributed by atoms with Crippen LogP contribution in [0.3, 0.4) is 0 Å². The molecule has 6 nitrogen and oxygen atoms in total. The second-order valence-corrected chi connectivity index (χ2v) is 10.2. The highest BCUT2D eigenvalue weighted by molar-refractivity contribution is 5.77. The van der Waals surface area contributed by atoms with Crippen molar-refractivity contribution >= 4 is 5.91 Å². The Morgan fingerprint density at radius 2 is 1.89 bits per heavy atom. The molecule has 0 spiro atoms. The van der Waals surface area contributed by atoms with Crippen molar-refractivity contribution in [3.05, 3.63) is 59.2 Å². The Hall–Kier alpha value is -2.57. The van der Waals surface area contributed by atoms with E-state index in [2.05, 4.69) is 30.0 Å². The van der Waals surface area contributed by atoms with Crippen LogP contribution in [0.4, 0.5) is 0 Å². The van der Waals surface area contributed by atoms with Crippen LogP contribution in [0.25, 0.3) is 0 Å². The van der Waals surface area contributed by atoms with Gasteiger partial charge in [0.15, 0.2) is 0 Å². The zero-order valence-electron chi connectivity index (χ0n) is 21.3. The van der Waals surface area contributed by atoms with Gasteiger partial charge in [0.25, 0.3) is 0 Å². The van der Waals surface area contributed by atoms with Crippen LogP contribution in [0.2, 0.25) is 0 Å². The van der Waals surface area contributed by atoms with E-state index in [9.17, 15) is 9.90 Å². The van der Waals surface area contributed by atoms with Crippen molar-refractivity contribution in [1.82, 2.24) is 9.80 Å². The minimum absolute atomic E-state index is 0.271. The molecule has 2 aliphatic heterocycles. The largest absolute Gasteiger partial charge is 0.494 e. The molecule has 6 heteroatoms. The topological polar surface area (TPSA) is 62.2 Å². The normalized spacial score (nSPS) is 21.2. The number of amides is 1. The molecule has 2 fully saturated rings.